The van der Waals surface area contributed by atoms with E-state index in [0.717, 1.165) is 10.9 Å². The summed E-state index contributed by atoms with van der Waals surface area (Å²) in [5, 5.41) is 0.896. The molecule has 0 saturated heterocycles. The van der Waals surface area contributed by atoms with Crippen LogP contribution in [0.5, 0.6) is 0 Å². The number of hydrogen-bond donors (Lipinski definition) is 1. The van der Waals surface area contributed by atoms with Gasteiger partial charge in [-0.1, -0.05) is 18.2 Å². The maximum atomic E-state index is 10.7. The van der Waals surface area contributed by atoms with E-state index in [2.05, 4.69) is 9.97 Å². The van der Waals surface area contributed by atoms with E-state index in [1.807, 2.05) is 24.3 Å². The Bertz CT molecular complexity index is 478. The van der Waals surface area contributed by atoms with Gasteiger partial charge in [0.15, 0.2) is 0 Å². The zero-order valence-electron chi connectivity index (χ0n) is 7.99. The number of carbonyl (C=O) groups is 1. The van der Waals surface area contributed by atoms with Crippen molar-refractivity contribution in [3.63, 3.8) is 0 Å². The summed E-state index contributed by atoms with van der Waals surface area (Å²) in [4.78, 5) is 18.6. The molecule has 2 rings (SSSR count). The molecule has 0 bridgehead atoms. The van der Waals surface area contributed by atoms with E-state index in [1.165, 1.54) is 0 Å². The van der Waals surface area contributed by atoms with Gasteiger partial charge in [0.25, 0.3) is 5.91 Å². The molecule has 1 aromatic heterocycles. The Morgan fingerprint density at radius 1 is 1.12 bits per heavy atom. The summed E-state index contributed by atoms with van der Waals surface area (Å²) >= 11 is 0. The second-order valence-corrected chi connectivity index (χ2v) is 2.62. The molecule has 1 amide bonds. The van der Waals surface area contributed by atoms with Crippen molar-refractivity contribution in [2.45, 2.75) is 0 Å². The number of primary amides is 1. The van der Waals surface area contributed by atoms with E-state index >= 15 is 0 Å². The van der Waals surface area contributed by atoms with Crippen LogP contribution in [-0.4, -0.2) is 15.9 Å². The SMILES string of the molecule is Cl.Cl.Cl.NC(=O)c1ncc2ccccc2n1. The van der Waals surface area contributed by atoms with Gasteiger partial charge in [-0.3, -0.25) is 4.79 Å². The molecule has 0 radical (unpaired) electrons. The first-order chi connectivity index (χ1) is 6.27. The number of hydrogen-bond acceptors (Lipinski definition) is 3. The number of amides is 1. The fraction of sp³-hybridized carbons (Fsp3) is 0. The van der Waals surface area contributed by atoms with Crippen molar-refractivity contribution in [3.05, 3.63) is 36.3 Å². The van der Waals surface area contributed by atoms with Crippen LogP contribution in [0.15, 0.2) is 30.5 Å². The van der Waals surface area contributed by atoms with Crippen molar-refractivity contribution in [1.29, 1.82) is 0 Å². The van der Waals surface area contributed by atoms with Crippen molar-refractivity contribution >= 4 is 54.0 Å². The van der Waals surface area contributed by atoms with Gasteiger partial charge in [-0.25, -0.2) is 9.97 Å². The Morgan fingerprint density at radius 2 is 1.75 bits per heavy atom. The molecular weight excluding hydrogens is 272 g/mol. The number of fused-ring (bicyclic) bond motifs is 1. The molecule has 88 valence electrons. The average Bonchev–Trinajstić information content (AvgIpc) is 2.17. The van der Waals surface area contributed by atoms with Gasteiger partial charge in [0, 0.05) is 11.6 Å². The molecule has 0 aliphatic heterocycles. The summed E-state index contributed by atoms with van der Waals surface area (Å²) in [6.45, 7) is 0. The molecule has 0 atom stereocenters. The second kappa shape index (κ2) is 7.22. The molecule has 1 heterocycles. The van der Waals surface area contributed by atoms with E-state index in [1.54, 1.807) is 6.20 Å². The zero-order chi connectivity index (χ0) is 9.26. The van der Waals surface area contributed by atoms with E-state index in [9.17, 15) is 4.79 Å². The smallest absolute Gasteiger partial charge is 0.286 e. The van der Waals surface area contributed by atoms with E-state index < -0.39 is 5.91 Å². The topological polar surface area (TPSA) is 68.9 Å². The highest BCUT2D eigenvalue weighted by atomic mass is 35.5. The lowest BCUT2D eigenvalue weighted by atomic mass is 10.2. The number of carbonyl (C=O) groups excluding carboxylic acids is 1. The van der Waals surface area contributed by atoms with Crippen molar-refractivity contribution in [2.24, 2.45) is 5.73 Å². The molecule has 0 spiro atoms. The minimum atomic E-state index is -0.606. The number of benzene rings is 1. The van der Waals surface area contributed by atoms with Gasteiger partial charge in [0.1, 0.15) is 0 Å². The molecule has 4 nitrogen and oxygen atoms in total. The van der Waals surface area contributed by atoms with Crippen LogP contribution < -0.4 is 5.73 Å². The van der Waals surface area contributed by atoms with Gasteiger partial charge < -0.3 is 5.73 Å². The monoisotopic (exact) mass is 281 g/mol. The lowest BCUT2D eigenvalue weighted by molar-refractivity contribution is 0.0991. The molecule has 0 fully saturated rings. The Balaban J connectivity index is 0. The third-order valence-corrected chi connectivity index (χ3v) is 1.71. The highest BCUT2D eigenvalue weighted by Gasteiger charge is 2.03. The lowest BCUT2D eigenvalue weighted by Crippen LogP contribution is -2.14. The summed E-state index contributed by atoms with van der Waals surface area (Å²) in [5.74, 6) is -0.551. The standard InChI is InChI=1S/C9H7N3O.3ClH/c10-8(13)9-11-5-6-3-1-2-4-7(6)12-9;;;/h1-5H,(H2,10,13);3*1H. The Kier molecular flexibility index (Phi) is 7.81. The third kappa shape index (κ3) is 3.48. The second-order valence-electron chi connectivity index (χ2n) is 2.62. The maximum absolute atomic E-state index is 10.7. The van der Waals surface area contributed by atoms with Crippen LogP contribution in [0.2, 0.25) is 0 Å². The normalized spacial score (nSPS) is 8.25. The average molecular weight is 283 g/mol. The van der Waals surface area contributed by atoms with Gasteiger partial charge in [0.2, 0.25) is 5.82 Å². The fourth-order valence-electron chi connectivity index (χ4n) is 1.09. The summed E-state index contributed by atoms with van der Waals surface area (Å²) in [6.07, 6.45) is 1.59. The minimum Gasteiger partial charge on any atom is -0.363 e. The van der Waals surface area contributed by atoms with E-state index in [4.69, 9.17) is 5.73 Å². The molecular formula is C9H10Cl3N3O. The van der Waals surface area contributed by atoms with Crippen molar-refractivity contribution in [3.8, 4) is 0 Å². The van der Waals surface area contributed by atoms with Gasteiger partial charge in [0.05, 0.1) is 5.52 Å². The molecule has 1 aromatic carbocycles. The molecule has 2 N–H and O–H groups in total. The van der Waals surface area contributed by atoms with Crippen LogP contribution in [0.25, 0.3) is 10.9 Å². The predicted molar refractivity (Wildman–Crippen MR) is 69.8 cm³/mol. The Morgan fingerprint density at radius 3 is 2.38 bits per heavy atom. The first kappa shape index (κ1) is 17.3. The molecule has 7 heteroatoms. The molecule has 16 heavy (non-hydrogen) atoms. The van der Waals surface area contributed by atoms with Crippen molar-refractivity contribution in [2.75, 3.05) is 0 Å². The fourth-order valence-corrected chi connectivity index (χ4v) is 1.09. The van der Waals surface area contributed by atoms with Gasteiger partial charge in [-0.2, -0.15) is 0 Å². The molecule has 0 unspecified atom stereocenters. The highest BCUT2D eigenvalue weighted by molar-refractivity contribution is 5.91. The summed E-state index contributed by atoms with van der Waals surface area (Å²) in [5.41, 5.74) is 5.77. The van der Waals surface area contributed by atoms with Gasteiger partial charge in [-0.15, -0.1) is 37.2 Å². The van der Waals surface area contributed by atoms with Gasteiger partial charge in [-0.05, 0) is 6.07 Å². The van der Waals surface area contributed by atoms with Crippen LogP contribution >= 0.6 is 37.2 Å². The van der Waals surface area contributed by atoms with Crippen LogP contribution in [0.1, 0.15) is 10.6 Å². The summed E-state index contributed by atoms with van der Waals surface area (Å²) in [7, 11) is 0. The molecule has 0 saturated carbocycles. The highest BCUT2D eigenvalue weighted by Crippen LogP contribution is 2.08. The van der Waals surface area contributed by atoms with Crippen LogP contribution in [0.4, 0.5) is 0 Å². The minimum absolute atomic E-state index is 0. The number of para-hydroxylation sites is 1. The van der Waals surface area contributed by atoms with Crippen LogP contribution in [-0.2, 0) is 0 Å². The van der Waals surface area contributed by atoms with Crippen LogP contribution in [0, 0.1) is 0 Å². The molecule has 2 aromatic rings. The zero-order valence-corrected chi connectivity index (χ0v) is 10.4. The predicted octanol–water partition coefficient (Wildman–Crippen LogP) is 1.99. The lowest BCUT2D eigenvalue weighted by Gasteiger charge is -1.96. The van der Waals surface area contributed by atoms with E-state index in [-0.39, 0.29) is 43.0 Å². The Labute approximate surface area is 111 Å². The van der Waals surface area contributed by atoms with Crippen molar-refractivity contribution in [1.82, 2.24) is 9.97 Å². The number of halogens is 3. The molecule has 0 aliphatic rings. The number of nitrogens with two attached hydrogens (primary N) is 1. The number of aromatic nitrogens is 2. The number of rotatable bonds is 1. The number of nitrogens with zero attached hydrogens (tertiary/aromatic N) is 2. The Hall–Kier alpha value is -1.10. The third-order valence-electron chi connectivity index (χ3n) is 1.71. The quantitative estimate of drug-likeness (QED) is 0.869. The maximum Gasteiger partial charge on any atom is 0.286 e. The van der Waals surface area contributed by atoms with E-state index in [0.29, 0.717) is 0 Å². The van der Waals surface area contributed by atoms with Crippen LogP contribution in [0.3, 0.4) is 0 Å². The summed E-state index contributed by atoms with van der Waals surface area (Å²) in [6, 6.07) is 7.42. The largest absolute Gasteiger partial charge is 0.363 e. The summed E-state index contributed by atoms with van der Waals surface area (Å²) < 4.78 is 0. The van der Waals surface area contributed by atoms with Crippen molar-refractivity contribution < 1.29 is 4.79 Å². The first-order valence-corrected chi connectivity index (χ1v) is 3.79. The first-order valence-electron chi connectivity index (χ1n) is 3.79. The molecule has 0 aliphatic carbocycles. The van der Waals surface area contributed by atoms with Gasteiger partial charge >= 0.3 is 0 Å².